The minimum Gasteiger partial charge on any atom is -0.353 e. The summed E-state index contributed by atoms with van der Waals surface area (Å²) >= 11 is 3.39. The van der Waals surface area contributed by atoms with Gasteiger partial charge in [0.25, 0.3) is 0 Å². The van der Waals surface area contributed by atoms with Crippen molar-refractivity contribution < 1.29 is 4.79 Å². The molecule has 1 saturated carbocycles. The molecule has 2 nitrogen and oxygen atoms in total. The van der Waals surface area contributed by atoms with Gasteiger partial charge >= 0.3 is 0 Å². The molecule has 92 valence electrons. The van der Waals surface area contributed by atoms with E-state index in [2.05, 4.69) is 28.2 Å². The molecule has 2 rings (SSSR count). The first kappa shape index (κ1) is 12.6. The van der Waals surface area contributed by atoms with E-state index in [0.717, 1.165) is 28.8 Å². The Kier molecular flexibility index (Phi) is 4.21. The lowest BCUT2D eigenvalue weighted by atomic mass is 10.1. The fourth-order valence-corrected chi connectivity index (χ4v) is 2.67. The number of benzene rings is 1. The Balaban J connectivity index is 1.83. The smallest absolute Gasteiger partial charge is 0.224 e. The number of hydrogen-bond acceptors (Lipinski definition) is 1. The number of amides is 1. The molecule has 1 aromatic rings. The van der Waals surface area contributed by atoms with Crippen LogP contribution >= 0.6 is 15.9 Å². The molecule has 1 aliphatic rings. The zero-order valence-corrected chi connectivity index (χ0v) is 11.7. The van der Waals surface area contributed by atoms with E-state index in [1.807, 2.05) is 24.3 Å². The zero-order chi connectivity index (χ0) is 12.3. The summed E-state index contributed by atoms with van der Waals surface area (Å²) < 4.78 is 1.05. The van der Waals surface area contributed by atoms with Gasteiger partial charge in [-0.2, -0.15) is 0 Å². The topological polar surface area (TPSA) is 29.1 Å². The average Bonchev–Trinajstić information content (AvgIpc) is 2.67. The average molecular weight is 296 g/mol. The molecule has 0 aromatic heterocycles. The van der Waals surface area contributed by atoms with Gasteiger partial charge in [0.1, 0.15) is 0 Å². The van der Waals surface area contributed by atoms with Crippen molar-refractivity contribution in [3.8, 4) is 0 Å². The van der Waals surface area contributed by atoms with Crippen molar-refractivity contribution in [3.05, 3.63) is 34.3 Å². The summed E-state index contributed by atoms with van der Waals surface area (Å²) in [7, 11) is 0. The zero-order valence-electron chi connectivity index (χ0n) is 10.1. The quantitative estimate of drug-likeness (QED) is 0.911. The predicted octanol–water partition coefficient (Wildman–Crippen LogP) is 3.30. The molecule has 0 spiro atoms. The van der Waals surface area contributed by atoms with Crippen LogP contribution in [0.3, 0.4) is 0 Å². The van der Waals surface area contributed by atoms with Gasteiger partial charge in [-0.25, -0.2) is 0 Å². The van der Waals surface area contributed by atoms with Crippen LogP contribution in [0.1, 0.15) is 31.7 Å². The Morgan fingerprint density at radius 3 is 2.65 bits per heavy atom. The highest BCUT2D eigenvalue weighted by Gasteiger charge is 2.22. The first-order valence-electron chi connectivity index (χ1n) is 6.17. The third kappa shape index (κ3) is 3.84. The lowest BCUT2D eigenvalue weighted by Gasteiger charge is -2.12. The van der Waals surface area contributed by atoms with Gasteiger partial charge in [-0.05, 0) is 42.9 Å². The molecule has 0 radical (unpaired) electrons. The Bertz CT molecular complexity index is 388. The second kappa shape index (κ2) is 5.67. The SMILES string of the molecule is CC1CCC(NC(=O)Cc2ccc(Br)cc2)C1. The van der Waals surface area contributed by atoms with E-state index in [0.29, 0.717) is 12.5 Å². The van der Waals surface area contributed by atoms with Gasteiger partial charge in [-0.1, -0.05) is 35.0 Å². The minimum absolute atomic E-state index is 0.145. The Morgan fingerprint density at radius 1 is 1.35 bits per heavy atom. The number of halogens is 1. The summed E-state index contributed by atoms with van der Waals surface area (Å²) in [4.78, 5) is 11.8. The molecule has 0 saturated heterocycles. The summed E-state index contributed by atoms with van der Waals surface area (Å²) in [5.74, 6) is 0.902. The largest absolute Gasteiger partial charge is 0.353 e. The van der Waals surface area contributed by atoms with Crippen LogP contribution in [0.2, 0.25) is 0 Å². The number of hydrogen-bond donors (Lipinski definition) is 1. The Labute approximate surface area is 111 Å². The molecule has 2 unspecified atom stereocenters. The van der Waals surface area contributed by atoms with Crippen LogP contribution < -0.4 is 5.32 Å². The Hall–Kier alpha value is -0.830. The van der Waals surface area contributed by atoms with Crippen molar-refractivity contribution in [2.45, 2.75) is 38.6 Å². The highest BCUT2D eigenvalue weighted by atomic mass is 79.9. The van der Waals surface area contributed by atoms with E-state index in [1.165, 1.54) is 6.42 Å². The van der Waals surface area contributed by atoms with E-state index in [-0.39, 0.29) is 5.91 Å². The maximum absolute atomic E-state index is 11.8. The van der Waals surface area contributed by atoms with Gasteiger partial charge in [-0.3, -0.25) is 4.79 Å². The van der Waals surface area contributed by atoms with Gasteiger partial charge in [-0.15, -0.1) is 0 Å². The molecule has 1 aromatic carbocycles. The van der Waals surface area contributed by atoms with E-state index in [1.54, 1.807) is 0 Å². The van der Waals surface area contributed by atoms with Crippen LogP contribution in [0.5, 0.6) is 0 Å². The summed E-state index contributed by atoms with van der Waals surface area (Å²) in [6.07, 6.45) is 3.99. The normalized spacial score (nSPS) is 23.6. The highest BCUT2D eigenvalue weighted by Crippen LogP contribution is 2.24. The lowest BCUT2D eigenvalue weighted by molar-refractivity contribution is -0.121. The van der Waals surface area contributed by atoms with Crippen molar-refractivity contribution >= 4 is 21.8 Å². The van der Waals surface area contributed by atoms with Crippen molar-refractivity contribution in [2.75, 3.05) is 0 Å². The van der Waals surface area contributed by atoms with Crippen LogP contribution in [-0.2, 0) is 11.2 Å². The van der Waals surface area contributed by atoms with Gasteiger partial charge in [0.2, 0.25) is 5.91 Å². The van der Waals surface area contributed by atoms with Crippen molar-refractivity contribution in [2.24, 2.45) is 5.92 Å². The van der Waals surface area contributed by atoms with Gasteiger partial charge in [0.05, 0.1) is 6.42 Å². The van der Waals surface area contributed by atoms with E-state index in [4.69, 9.17) is 0 Å². The number of carbonyl (C=O) groups is 1. The first-order valence-corrected chi connectivity index (χ1v) is 6.96. The molecule has 0 heterocycles. The van der Waals surface area contributed by atoms with E-state index in [9.17, 15) is 4.79 Å². The summed E-state index contributed by atoms with van der Waals surface area (Å²) in [6, 6.07) is 8.32. The lowest BCUT2D eigenvalue weighted by Crippen LogP contribution is -2.34. The van der Waals surface area contributed by atoms with Crippen molar-refractivity contribution in [1.82, 2.24) is 5.32 Å². The van der Waals surface area contributed by atoms with Crippen LogP contribution in [0.4, 0.5) is 0 Å². The molecular formula is C14H18BrNO. The fourth-order valence-electron chi connectivity index (χ4n) is 2.40. The first-order chi connectivity index (χ1) is 8.13. The maximum Gasteiger partial charge on any atom is 0.224 e. The molecule has 0 aliphatic heterocycles. The molecule has 1 amide bonds. The Morgan fingerprint density at radius 2 is 2.06 bits per heavy atom. The predicted molar refractivity (Wildman–Crippen MR) is 72.8 cm³/mol. The van der Waals surface area contributed by atoms with E-state index >= 15 is 0 Å². The van der Waals surface area contributed by atoms with Crippen molar-refractivity contribution in [3.63, 3.8) is 0 Å². The number of nitrogens with one attached hydrogen (secondary N) is 1. The maximum atomic E-state index is 11.8. The number of carbonyl (C=O) groups excluding carboxylic acids is 1. The molecule has 1 aliphatic carbocycles. The van der Waals surface area contributed by atoms with Gasteiger partial charge in [0, 0.05) is 10.5 Å². The summed E-state index contributed by atoms with van der Waals surface area (Å²) in [5.41, 5.74) is 1.07. The third-order valence-electron chi connectivity index (χ3n) is 3.34. The van der Waals surface area contributed by atoms with Crippen molar-refractivity contribution in [1.29, 1.82) is 0 Å². The highest BCUT2D eigenvalue weighted by molar-refractivity contribution is 9.10. The van der Waals surface area contributed by atoms with Crippen LogP contribution in [0.25, 0.3) is 0 Å². The summed E-state index contributed by atoms with van der Waals surface area (Å²) in [6.45, 7) is 2.25. The van der Waals surface area contributed by atoms with Gasteiger partial charge < -0.3 is 5.32 Å². The second-order valence-corrected chi connectivity index (χ2v) is 5.90. The van der Waals surface area contributed by atoms with Gasteiger partial charge in [0.15, 0.2) is 0 Å². The minimum atomic E-state index is 0.145. The van der Waals surface area contributed by atoms with E-state index < -0.39 is 0 Å². The fraction of sp³-hybridized carbons (Fsp3) is 0.500. The molecule has 0 bridgehead atoms. The van der Waals surface area contributed by atoms with Crippen LogP contribution in [0, 0.1) is 5.92 Å². The molecule has 2 atom stereocenters. The molecule has 3 heteroatoms. The monoisotopic (exact) mass is 295 g/mol. The molecule has 1 N–H and O–H groups in total. The summed E-state index contributed by atoms with van der Waals surface area (Å²) in [5, 5.41) is 3.12. The van der Waals surface area contributed by atoms with Crippen LogP contribution in [0.15, 0.2) is 28.7 Å². The standard InChI is InChI=1S/C14H18BrNO/c1-10-2-7-13(8-10)16-14(17)9-11-3-5-12(15)6-4-11/h3-6,10,13H,2,7-9H2,1H3,(H,16,17). The molecule has 1 fully saturated rings. The number of rotatable bonds is 3. The second-order valence-electron chi connectivity index (χ2n) is 4.99. The van der Waals surface area contributed by atoms with Crippen LogP contribution in [-0.4, -0.2) is 11.9 Å². The third-order valence-corrected chi connectivity index (χ3v) is 3.87. The molecular weight excluding hydrogens is 278 g/mol. The molecule has 17 heavy (non-hydrogen) atoms.